The van der Waals surface area contributed by atoms with Crippen molar-refractivity contribution < 1.29 is 13.2 Å². The Labute approximate surface area is 156 Å². The Morgan fingerprint density at radius 2 is 2.04 bits per heavy atom. The van der Waals surface area contributed by atoms with Gasteiger partial charge in [0.25, 0.3) is 0 Å². The second-order valence-corrected chi connectivity index (χ2v) is 6.71. The fourth-order valence-electron chi connectivity index (χ4n) is 3.42. The first-order chi connectivity index (χ1) is 12.8. The summed E-state index contributed by atoms with van der Waals surface area (Å²) in [4.78, 5) is 12.1. The highest BCUT2D eigenvalue weighted by Crippen LogP contribution is 2.38. The van der Waals surface area contributed by atoms with Gasteiger partial charge in [-0.25, -0.2) is 9.97 Å². The molecule has 142 valence electrons. The molecular weight excluding hydrogens is 355 g/mol. The zero-order chi connectivity index (χ0) is 19.6. The number of hydrogen-bond acceptors (Lipinski definition) is 5. The van der Waals surface area contributed by atoms with Gasteiger partial charge in [-0.3, -0.25) is 0 Å². The molecule has 1 aromatic carbocycles. The Balaban J connectivity index is 1.87. The number of aryl methyl sites for hydroxylation is 1. The van der Waals surface area contributed by atoms with Crippen molar-refractivity contribution in [1.82, 2.24) is 9.97 Å². The SMILES string of the molecule is Cc1cc(N(C)C2CCCN(c3ccc(C#N)cc3C(F)(F)F)C2)ncn1. The first kappa shape index (κ1) is 19.0. The van der Waals surface area contributed by atoms with E-state index in [0.29, 0.717) is 13.1 Å². The van der Waals surface area contributed by atoms with Crippen LogP contribution in [0, 0.1) is 18.3 Å². The van der Waals surface area contributed by atoms with Gasteiger partial charge in [-0.2, -0.15) is 18.4 Å². The van der Waals surface area contributed by atoms with E-state index in [4.69, 9.17) is 5.26 Å². The largest absolute Gasteiger partial charge is 0.418 e. The lowest BCUT2D eigenvalue weighted by Gasteiger charge is -2.40. The molecule has 0 N–H and O–H groups in total. The van der Waals surface area contributed by atoms with E-state index in [2.05, 4.69) is 9.97 Å². The molecule has 0 bridgehead atoms. The Bertz CT molecular complexity index is 859. The number of nitriles is 1. The van der Waals surface area contributed by atoms with Gasteiger partial charge in [0.15, 0.2) is 0 Å². The maximum Gasteiger partial charge on any atom is 0.418 e. The van der Waals surface area contributed by atoms with Crippen LogP contribution >= 0.6 is 0 Å². The average molecular weight is 375 g/mol. The molecule has 0 radical (unpaired) electrons. The first-order valence-electron chi connectivity index (χ1n) is 8.67. The molecular formula is C19H20F3N5. The van der Waals surface area contributed by atoms with Gasteiger partial charge in [-0.05, 0) is 38.0 Å². The summed E-state index contributed by atoms with van der Waals surface area (Å²) in [7, 11) is 1.90. The standard InChI is InChI=1S/C19H20F3N5/c1-13-8-18(25-12-24-13)26(2)15-4-3-7-27(11-15)17-6-5-14(10-23)9-16(17)19(20,21)22/h5-6,8-9,12,15H,3-4,7,11H2,1-2H3. The number of alkyl halides is 3. The van der Waals surface area contributed by atoms with E-state index >= 15 is 0 Å². The molecule has 1 aliphatic rings. The molecule has 3 rings (SSSR count). The summed E-state index contributed by atoms with van der Waals surface area (Å²) in [5.74, 6) is 0.755. The van der Waals surface area contributed by atoms with E-state index in [0.717, 1.165) is 30.4 Å². The third kappa shape index (κ3) is 4.13. The minimum atomic E-state index is -4.51. The smallest absolute Gasteiger partial charge is 0.369 e. The van der Waals surface area contributed by atoms with Gasteiger partial charge in [0.1, 0.15) is 12.1 Å². The maximum absolute atomic E-state index is 13.5. The van der Waals surface area contributed by atoms with Gasteiger partial charge < -0.3 is 9.80 Å². The fourth-order valence-corrected chi connectivity index (χ4v) is 3.42. The number of piperidine rings is 1. The number of anilines is 2. The highest BCUT2D eigenvalue weighted by Gasteiger charge is 2.36. The zero-order valence-corrected chi connectivity index (χ0v) is 15.2. The minimum Gasteiger partial charge on any atom is -0.369 e. The molecule has 0 spiro atoms. The first-order valence-corrected chi connectivity index (χ1v) is 8.67. The third-order valence-electron chi connectivity index (χ3n) is 4.87. The van der Waals surface area contributed by atoms with Crippen LogP contribution in [0.2, 0.25) is 0 Å². The van der Waals surface area contributed by atoms with Gasteiger partial charge in [0.2, 0.25) is 0 Å². The van der Waals surface area contributed by atoms with Crippen molar-refractivity contribution >= 4 is 11.5 Å². The Hall–Kier alpha value is -2.82. The molecule has 1 atom stereocenters. The lowest BCUT2D eigenvalue weighted by Crippen LogP contribution is -2.47. The third-order valence-corrected chi connectivity index (χ3v) is 4.87. The van der Waals surface area contributed by atoms with Crippen LogP contribution in [0.3, 0.4) is 0 Å². The maximum atomic E-state index is 13.5. The topological polar surface area (TPSA) is 56.0 Å². The Kier molecular flexibility index (Phi) is 5.22. The van der Waals surface area contributed by atoms with E-state index in [9.17, 15) is 13.2 Å². The summed E-state index contributed by atoms with van der Waals surface area (Å²) >= 11 is 0. The van der Waals surface area contributed by atoms with Crippen molar-refractivity contribution in [2.75, 3.05) is 29.9 Å². The Morgan fingerprint density at radius 3 is 2.70 bits per heavy atom. The second kappa shape index (κ2) is 7.43. The summed E-state index contributed by atoms with van der Waals surface area (Å²) in [6.07, 6.45) is -1.38. The van der Waals surface area contributed by atoms with E-state index in [1.54, 1.807) is 11.0 Å². The number of benzene rings is 1. The minimum absolute atomic E-state index is 0.00760. The summed E-state index contributed by atoms with van der Waals surface area (Å²) < 4.78 is 40.6. The predicted octanol–water partition coefficient (Wildman–Crippen LogP) is 3.78. The number of rotatable bonds is 3. The monoisotopic (exact) mass is 375 g/mol. The zero-order valence-electron chi connectivity index (χ0n) is 15.2. The van der Waals surface area contributed by atoms with Crippen LogP contribution < -0.4 is 9.80 Å². The quantitative estimate of drug-likeness (QED) is 0.817. The number of likely N-dealkylation sites (N-methyl/N-ethyl adjacent to an activating group) is 1. The highest BCUT2D eigenvalue weighted by molar-refractivity contribution is 5.59. The molecule has 2 aromatic rings. The lowest BCUT2D eigenvalue weighted by atomic mass is 10.0. The van der Waals surface area contributed by atoms with Gasteiger partial charge >= 0.3 is 6.18 Å². The number of nitrogens with zero attached hydrogens (tertiary/aromatic N) is 5. The molecule has 0 saturated carbocycles. The van der Waals surface area contributed by atoms with Gasteiger partial charge in [0, 0.05) is 43.6 Å². The summed E-state index contributed by atoms with van der Waals surface area (Å²) in [5.41, 5.74) is 0.209. The number of halogens is 3. The van der Waals surface area contributed by atoms with Crippen molar-refractivity contribution in [3.8, 4) is 6.07 Å². The molecule has 5 nitrogen and oxygen atoms in total. The van der Waals surface area contributed by atoms with E-state index in [-0.39, 0.29) is 17.3 Å². The van der Waals surface area contributed by atoms with Crippen molar-refractivity contribution in [2.45, 2.75) is 32.0 Å². The van der Waals surface area contributed by atoms with Crippen LogP contribution in [0.5, 0.6) is 0 Å². The van der Waals surface area contributed by atoms with Gasteiger partial charge in [0.05, 0.1) is 17.2 Å². The van der Waals surface area contributed by atoms with E-state index < -0.39 is 11.7 Å². The molecule has 1 aromatic heterocycles. The molecule has 8 heteroatoms. The number of hydrogen-bond donors (Lipinski definition) is 0. The van der Waals surface area contributed by atoms with Crippen LogP contribution in [0.15, 0.2) is 30.6 Å². The van der Waals surface area contributed by atoms with E-state index in [1.165, 1.54) is 18.5 Å². The Morgan fingerprint density at radius 1 is 1.26 bits per heavy atom. The summed E-state index contributed by atoms with van der Waals surface area (Å²) in [6, 6.07) is 7.44. The molecule has 1 unspecified atom stereocenters. The normalized spacial score (nSPS) is 17.5. The van der Waals surface area contributed by atoms with Gasteiger partial charge in [-0.15, -0.1) is 0 Å². The van der Waals surface area contributed by atoms with Gasteiger partial charge in [-0.1, -0.05) is 0 Å². The molecule has 0 amide bonds. The lowest BCUT2D eigenvalue weighted by molar-refractivity contribution is -0.137. The second-order valence-electron chi connectivity index (χ2n) is 6.71. The number of aromatic nitrogens is 2. The molecule has 27 heavy (non-hydrogen) atoms. The van der Waals surface area contributed by atoms with Crippen LogP contribution in [0.25, 0.3) is 0 Å². The molecule has 1 fully saturated rings. The summed E-state index contributed by atoms with van der Waals surface area (Å²) in [6.45, 7) is 2.87. The molecule has 2 heterocycles. The van der Waals surface area contributed by atoms with Crippen LogP contribution in [-0.4, -0.2) is 36.1 Å². The molecule has 0 aliphatic carbocycles. The van der Waals surface area contributed by atoms with Crippen molar-refractivity contribution in [2.24, 2.45) is 0 Å². The van der Waals surface area contributed by atoms with Crippen LogP contribution in [0.4, 0.5) is 24.7 Å². The van der Waals surface area contributed by atoms with E-state index in [1.807, 2.05) is 24.9 Å². The fraction of sp³-hybridized carbons (Fsp3) is 0.421. The van der Waals surface area contributed by atoms with Crippen molar-refractivity contribution in [1.29, 1.82) is 5.26 Å². The van der Waals surface area contributed by atoms with Crippen molar-refractivity contribution in [3.05, 3.63) is 47.4 Å². The average Bonchev–Trinajstić information content (AvgIpc) is 2.66. The molecule has 1 saturated heterocycles. The molecule has 1 aliphatic heterocycles. The highest BCUT2D eigenvalue weighted by atomic mass is 19.4. The van der Waals surface area contributed by atoms with Crippen molar-refractivity contribution in [3.63, 3.8) is 0 Å². The summed E-state index contributed by atoms with van der Waals surface area (Å²) in [5, 5.41) is 8.94. The van der Waals surface area contributed by atoms with Crippen LogP contribution in [0.1, 0.15) is 29.7 Å². The predicted molar refractivity (Wildman–Crippen MR) is 96.6 cm³/mol. The van der Waals surface area contributed by atoms with Crippen LogP contribution in [-0.2, 0) is 6.18 Å².